The van der Waals surface area contributed by atoms with Crippen LogP contribution in [0.1, 0.15) is 182 Å². The van der Waals surface area contributed by atoms with Crippen molar-refractivity contribution in [1.82, 2.24) is 55.6 Å². The van der Waals surface area contributed by atoms with Gasteiger partial charge >= 0.3 is 0 Å². The number of amides is 11. The summed E-state index contributed by atoms with van der Waals surface area (Å²) in [6.45, 7) is 29.8. The molecule has 0 aromatic heterocycles. The fourth-order valence-electron chi connectivity index (χ4n) is 10.7. The van der Waals surface area contributed by atoms with E-state index in [1.54, 1.807) is 62.6 Å². The molecule has 24 nitrogen and oxygen atoms in total. The van der Waals surface area contributed by atoms with Gasteiger partial charge in [0, 0.05) is 62.8 Å². The number of nitrogens with one attached hydrogen (secondary N) is 4. The van der Waals surface area contributed by atoms with E-state index in [1.807, 2.05) is 62.3 Å². The number of carbonyl (C=O) groups excluding carboxylic acids is 11. The Morgan fingerprint density at radius 2 is 0.854 bits per heavy atom. The number of likely N-dealkylation sites (N-methyl/N-ethyl adjacent to an activating group) is 7. The summed E-state index contributed by atoms with van der Waals surface area (Å²) in [7, 11) is 11.7. The molecule has 0 heterocycles. The van der Waals surface area contributed by atoms with Crippen LogP contribution in [-0.4, -0.2) is 239 Å². The highest BCUT2D eigenvalue weighted by molar-refractivity contribution is 5.99. The quantitative estimate of drug-likeness (QED) is 0.0477. The van der Waals surface area contributed by atoms with Gasteiger partial charge in [-0.05, 0) is 86.9 Å². The predicted octanol–water partition coefficient (Wildman–Crippen LogP) is 3.88. The summed E-state index contributed by atoms with van der Waals surface area (Å²) in [5.74, 6) is -8.22. The van der Waals surface area contributed by atoms with Crippen molar-refractivity contribution in [1.29, 1.82) is 0 Å². The van der Waals surface area contributed by atoms with Crippen molar-refractivity contribution in [2.75, 3.05) is 63.0 Å². The molecule has 0 aromatic carbocycles. The highest BCUT2D eigenvalue weighted by Gasteiger charge is 2.44. The minimum absolute atomic E-state index is 0.0198. The third kappa shape index (κ3) is 25.4. The van der Waals surface area contributed by atoms with Crippen LogP contribution in [0.5, 0.6) is 0 Å². The zero-order chi connectivity index (χ0) is 69.4. The lowest BCUT2D eigenvalue weighted by Crippen LogP contribution is -2.63. The normalized spacial score (nSPS) is 15.4. The van der Waals surface area contributed by atoms with E-state index in [0.717, 1.165) is 27.5 Å². The van der Waals surface area contributed by atoms with E-state index < -0.39 is 138 Å². The SMILES string of the molecule is CCCCCC(NC(=O)C(CC(C)C)N(C)C(=O)C(NC(=O)C(CC(C)C)N(C)C(=O)C(CO)N(C)C(=O)C(CC)NC(=O)C(C(O)C(C)C)N(C)C(=O)C(C(C)C)N(C)C(=O)CCC(C)C)C(C)C)C(=O)NC(C)C(=O)N(C)C(CC(C)C)C(=O)N(C)C. The molecule has 0 rings (SSSR count). The molecule has 0 saturated heterocycles. The first-order valence-electron chi connectivity index (χ1n) is 32.4. The Labute approximate surface area is 534 Å². The average molecular weight is 1260 g/mol. The van der Waals surface area contributed by atoms with Crippen molar-refractivity contribution in [3.05, 3.63) is 0 Å². The summed E-state index contributed by atoms with van der Waals surface area (Å²) in [4.78, 5) is 165. The molecule has 11 unspecified atom stereocenters. The van der Waals surface area contributed by atoms with E-state index in [-0.39, 0.29) is 73.5 Å². The maximum atomic E-state index is 14.8. The third-order valence-corrected chi connectivity index (χ3v) is 16.5. The van der Waals surface area contributed by atoms with E-state index >= 15 is 0 Å². The van der Waals surface area contributed by atoms with E-state index in [0.29, 0.717) is 19.3 Å². The van der Waals surface area contributed by atoms with Gasteiger partial charge in [-0.3, -0.25) is 52.7 Å². The van der Waals surface area contributed by atoms with Gasteiger partial charge in [0.15, 0.2) is 0 Å². The molecule has 0 radical (unpaired) electrons. The highest BCUT2D eigenvalue weighted by atomic mass is 16.3. The van der Waals surface area contributed by atoms with Crippen LogP contribution in [0.15, 0.2) is 0 Å². The van der Waals surface area contributed by atoms with E-state index in [9.17, 15) is 63.0 Å². The van der Waals surface area contributed by atoms with E-state index in [2.05, 4.69) is 21.3 Å². The number of aliphatic hydroxyl groups is 2. The Balaban J connectivity index is 6.97. The van der Waals surface area contributed by atoms with Crippen molar-refractivity contribution in [2.45, 2.75) is 248 Å². The lowest BCUT2D eigenvalue weighted by Gasteiger charge is -2.39. The van der Waals surface area contributed by atoms with Gasteiger partial charge in [0.25, 0.3) is 0 Å². The maximum Gasteiger partial charge on any atom is 0.248 e. The average Bonchev–Trinajstić information content (AvgIpc) is 1.12. The summed E-state index contributed by atoms with van der Waals surface area (Å²) >= 11 is 0. The van der Waals surface area contributed by atoms with Crippen LogP contribution in [0.3, 0.4) is 0 Å². The molecule has 0 aliphatic rings. The number of nitrogens with zero attached hydrogens (tertiary/aromatic N) is 7. The van der Waals surface area contributed by atoms with Gasteiger partial charge in [-0.15, -0.1) is 0 Å². The largest absolute Gasteiger partial charge is 0.394 e. The lowest BCUT2D eigenvalue weighted by molar-refractivity contribution is -0.154. The zero-order valence-corrected chi connectivity index (χ0v) is 59.2. The number of hydrogen-bond donors (Lipinski definition) is 6. The van der Waals surface area contributed by atoms with Crippen molar-refractivity contribution in [3.8, 4) is 0 Å². The third-order valence-electron chi connectivity index (χ3n) is 16.5. The van der Waals surface area contributed by atoms with Gasteiger partial charge in [0.2, 0.25) is 65.0 Å². The second-order valence-corrected chi connectivity index (χ2v) is 27.4. The first-order chi connectivity index (χ1) is 41.1. The van der Waals surface area contributed by atoms with Gasteiger partial charge in [-0.1, -0.05) is 130 Å². The second kappa shape index (κ2) is 39.4. The van der Waals surface area contributed by atoms with Crippen molar-refractivity contribution < 1.29 is 63.0 Å². The molecule has 24 heteroatoms. The van der Waals surface area contributed by atoms with E-state index in [4.69, 9.17) is 0 Å². The summed E-state index contributed by atoms with van der Waals surface area (Å²) in [6.07, 6.45) is 2.35. The molecule has 0 aliphatic heterocycles. The van der Waals surface area contributed by atoms with Crippen molar-refractivity contribution >= 4 is 65.0 Å². The second-order valence-electron chi connectivity index (χ2n) is 27.4. The Hall–Kier alpha value is -5.91. The molecule has 0 spiro atoms. The lowest BCUT2D eigenvalue weighted by atomic mass is 9.94. The Morgan fingerprint density at radius 1 is 0.393 bits per heavy atom. The minimum atomic E-state index is -1.58. The minimum Gasteiger partial charge on any atom is -0.394 e. The number of hydrogen-bond acceptors (Lipinski definition) is 13. The number of unbranched alkanes of at least 4 members (excludes halogenated alkanes) is 2. The number of carbonyl (C=O) groups is 11. The molecule has 0 aliphatic carbocycles. The maximum absolute atomic E-state index is 14.8. The summed E-state index contributed by atoms with van der Waals surface area (Å²) in [5, 5.41) is 33.5. The first-order valence-corrected chi connectivity index (χ1v) is 32.4. The van der Waals surface area contributed by atoms with Crippen molar-refractivity contribution in [2.24, 2.45) is 41.4 Å². The van der Waals surface area contributed by atoms with Gasteiger partial charge < -0.3 is 65.8 Å². The Kier molecular flexibility index (Phi) is 36.8. The summed E-state index contributed by atoms with van der Waals surface area (Å²) in [5.41, 5.74) is 0. The highest BCUT2D eigenvalue weighted by Crippen LogP contribution is 2.23. The Bertz CT molecular complexity index is 2310. The Morgan fingerprint density at radius 3 is 1.28 bits per heavy atom. The number of aliphatic hydroxyl groups excluding tert-OH is 2. The van der Waals surface area contributed by atoms with Gasteiger partial charge in [-0.2, -0.15) is 0 Å². The van der Waals surface area contributed by atoms with Gasteiger partial charge in [0.05, 0.1) is 12.7 Å². The van der Waals surface area contributed by atoms with Crippen LogP contribution in [0, 0.1) is 41.4 Å². The van der Waals surface area contributed by atoms with Crippen LogP contribution in [-0.2, 0) is 52.7 Å². The molecule has 89 heavy (non-hydrogen) atoms. The summed E-state index contributed by atoms with van der Waals surface area (Å²) in [6, 6.07) is -12.0. The smallest absolute Gasteiger partial charge is 0.248 e. The first kappa shape index (κ1) is 83.1. The van der Waals surface area contributed by atoms with Crippen LogP contribution >= 0.6 is 0 Å². The van der Waals surface area contributed by atoms with Crippen LogP contribution < -0.4 is 21.3 Å². The molecule has 514 valence electrons. The van der Waals surface area contributed by atoms with Gasteiger partial charge in [0.1, 0.15) is 60.4 Å². The van der Waals surface area contributed by atoms with Crippen LogP contribution in [0.25, 0.3) is 0 Å². The van der Waals surface area contributed by atoms with Crippen LogP contribution in [0.2, 0.25) is 0 Å². The van der Waals surface area contributed by atoms with Crippen molar-refractivity contribution in [3.63, 3.8) is 0 Å². The predicted molar refractivity (Wildman–Crippen MR) is 346 cm³/mol. The van der Waals surface area contributed by atoms with Gasteiger partial charge in [-0.25, -0.2) is 0 Å². The topological polar surface area (TPSA) is 299 Å². The molecule has 0 fully saturated rings. The van der Waals surface area contributed by atoms with E-state index in [1.165, 1.54) is 68.8 Å². The molecule has 6 N–H and O–H groups in total. The fourth-order valence-corrected chi connectivity index (χ4v) is 10.7. The molecular weight excluding hydrogens is 1140 g/mol. The summed E-state index contributed by atoms with van der Waals surface area (Å²) < 4.78 is 0. The molecule has 11 atom stereocenters. The number of rotatable bonds is 39. The molecule has 0 saturated carbocycles. The molecular formula is C65H121N11O13. The monoisotopic (exact) mass is 1260 g/mol. The van der Waals surface area contributed by atoms with Crippen LogP contribution in [0.4, 0.5) is 0 Å². The standard InChI is InChI=1S/C65H121N11O13/c1-26-28-29-30-46(56(80)66-44(17)60(84)73(22)49(35-40(9)10)62(86)70(18)19)68-57(81)47(33-38(5)6)72(21)64(88)52(41(11)12)69-58(82)48(34-39(7)8)71(20)63(87)50(36-77)74(23)61(85)45(27-2)67-59(83)54(55(79)43(15)16)76(25)65(89)53(42(13)14)75(24)51(78)32-31-37(3)4/h37-50,52-55,77,79H,26-36H2,1-25H3,(H,66,80)(H,67,83)(H,68,81)(H,69,82). The zero-order valence-electron chi connectivity index (χ0n) is 59.2. The molecule has 0 bridgehead atoms. The molecule has 11 amide bonds. The fraction of sp³-hybridized carbons (Fsp3) is 0.831. The molecule has 0 aromatic rings.